The van der Waals surface area contributed by atoms with E-state index in [0.29, 0.717) is 6.54 Å². The van der Waals surface area contributed by atoms with E-state index in [-0.39, 0.29) is 12.1 Å². The van der Waals surface area contributed by atoms with Gasteiger partial charge < -0.3 is 15.8 Å². The first-order chi connectivity index (χ1) is 9.38. The largest absolute Gasteiger partial charge is 0.444 e. The lowest BCUT2D eigenvalue weighted by Gasteiger charge is -2.19. The van der Waals surface area contributed by atoms with Crippen molar-refractivity contribution in [2.45, 2.75) is 51.7 Å². The first-order valence-corrected chi connectivity index (χ1v) is 7.16. The zero-order chi connectivity index (χ0) is 15.0. The maximum absolute atomic E-state index is 11.4. The van der Waals surface area contributed by atoms with Gasteiger partial charge in [0.25, 0.3) is 0 Å². The third-order valence-corrected chi connectivity index (χ3v) is 2.84. The highest BCUT2D eigenvalue weighted by atomic mass is 16.6. The topological polar surface area (TPSA) is 64.3 Å². The van der Waals surface area contributed by atoms with Crippen LogP contribution in [0.15, 0.2) is 30.3 Å². The van der Waals surface area contributed by atoms with Gasteiger partial charge in [-0.3, -0.25) is 0 Å². The molecule has 4 nitrogen and oxygen atoms in total. The van der Waals surface area contributed by atoms with Crippen LogP contribution < -0.4 is 11.1 Å². The number of hydrogen-bond acceptors (Lipinski definition) is 3. The normalized spacial score (nSPS) is 12.8. The molecule has 0 saturated carbocycles. The lowest BCUT2D eigenvalue weighted by Crippen LogP contribution is -2.33. The van der Waals surface area contributed by atoms with Crippen LogP contribution in [0.1, 0.15) is 51.6 Å². The van der Waals surface area contributed by atoms with Gasteiger partial charge >= 0.3 is 6.09 Å². The molecule has 0 saturated heterocycles. The van der Waals surface area contributed by atoms with Crippen molar-refractivity contribution in [2.24, 2.45) is 5.73 Å². The van der Waals surface area contributed by atoms with Gasteiger partial charge in [0.15, 0.2) is 0 Å². The summed E-state index contributed by atoms with van der Waals surface area (Å²) in [5.74, 6) is 0. The van der Waals surface area contributed by atoms with Gasteiger partial charge in [-0.05, 0) is 45.6 Å². The Labute approximate surface area is 121 Å². The quantitative estimate of drug-likeness (QED) is 0.784. The summed E-state index contributed by atoms with van der Waals surface area (Å²) in [5, 5.41) is 2.75. The highest BCUT2D eigenvalue weighted by Crippen LogP contribution is 2.15. The molecule has 1 unspecified atom stereocenters. The fraction of sp³-hybridized carbons (Fsp3) is 0.562. The minimum absolute atomic E-state index is 0.0673. The Morgan fingerprint density at radius 1 is 1.25 bits per heavy atom. The van der Waals surface area contributed by atoms with E-state index in [1.165, 1.54) is 0 Å². The summed E-state index contributed by atoms with van der Waals surface area (Å²) >= 11 is 0. The highest BCUT2D eigenvalue weighted by molar-refractivity contribution is 5.67. The van der Waals surface area contributed by atoms with E-state index >= 15 is 0 Å². The number of amides is 1. The summed E-state index contributed by atoms with van der Waals surface area (Å²) in [6.07, 6.45) is 2.44. The molecule has 0 bridgehead atoms. The van der Waals surface area contributed by atoms with Crippen molar-refractivity contribution in [1.82, 2.24) is 5.32 Å². The van der Waals surface area contributed by atoms with E-state index in [1.807, 2.05) is 51.1 Å². The Kier molecular flexibility index (Phi) is 6.52. The Bertz CT molecular complexity index is 399. The standard InChI is InChI=1S/C16H26N2O2/c1-16(2,3)20-15(19)18-12-8-7-11-14(17)13-9-5-4-6-10-13/h4-6,9-10,14H,7-8,11-12,17H2,1-3H3,(H,18,19). The second-order valence-electron chi connectivity index (χ2n) is 5.94. The number of hydrogen-bond donors (Lipinski definition) is 2. The minimum atomic E-state index is -0.445. The number of rotatable bonds is 6. The van der Waals surface area contributed by atoms with Gasteiger partial charge in [-0.1, -0.05) is 30.3 Å². The fourth-order valence-electron chi connectivity index (χ4n) is 1.86. The molecule has 112 valence electrons. The number of carbonyl (C=O) groups is 1. The Hall–Kier alpha value is -1.55. The number of nitrogens with one attached hydrogen (secondary N) is 1. The number of benzene rings is 1. The van der Waals surface area contributed by atoms with Crippen molar-refractivity contribution in [3.05, 3.63) is 35.9 Å². The van der Waals surface area contributed by atoms with Crippen LogP contribution in [0.5, 0.6) is 0 Å². The molecule has 0 radical (unpaired) electrons. The van der Waals surface area contributed by atoms with Crippen molar-refractivity contribution in [3.8, 4) is 0 Å². The maximum Gasteiger partial charge on any atom is 0.407 e. The smallest absolute Gasteiger partial charge is 0.407 e. The summed E-state index contributed by atoms with van der Waals surface area (Å²) in [5.41, 5.74) is 6.82. The average molecular weight is 278 g/mol. The Morgan fingerprint density at radius 3 is 2.50 bits per heavy atom. The molecule has 0 aromatic heterocycles. The van der Waals surface area contributed by atoms with E-state index in [9.17, 15) is 4.79 Å². The van der Waals surface area contributed by atoms with E-state index in [1.54, 1.807) is 0 Å². The molecule has 1 rings (SSSR count). The van der Waals surface area contributed by atoms with Crippen molar-refractivity contribution in [2.75, 3.05) is 6.54 Å². The molecule has 0 aliphatic heterocycles. The number of nitrogens with two attached hydrogens (primary N) is 1. The van der Waals surface area contributed by atoms with Gasteiger partial charge in [0.2, 0.25) is 0 Å². The Morgan fingerprint density at radius 2 is 1.90 bits per heavy atom. The van der Waals surface area contributed by atoms with Crippen LogP contribution in [0.2, 0.25) is 0 Å². The van der Waals surface area contributed by atoms with Crippen LogP contribution in [-0.2, 0) is 4.74 Å². The monoisotopic (exact) mass is 278 g/mol. The predicted octanol–water partition coefficient (Wildman–Crippen LogP) is 3.38. The van der Waals surface area contributed by atoms with Gasteiger partial charge in [-0.15, -0.1) is 0 Å². The van der Waals surface area contributed by atoms with Crippen LogP contribution in [-0.4, -0.2) is 18.2 Å². The van der Waals surface area contributed by atoms with Crippen molar-refractivity contribution in [3.63, 3.8) is 0 Å². The number of alkyl carbamates (subject to hydrolysis) is 1. The lowest BCUT2D eigenvalue weighted by molar-refractivity contribution is 0.0527. The van der Waals surface area contributed by atoms with Crippen LogP contribution in [0.4, 0.5) is 4.79 Å². The summed E-state index contributed by atoms with van der Waals surface area (Å²) in [6.45, 7) is 6.18. The SMILES string of the molecule is CC(C)(C)OC(=O)NCCCCC(N)c1ccccc1. The van der Waals surface area contributed by atoms with E-state index in [4.69, 9.17) is 10.5 Å². The van der Waals surface area contributed by atoms with Crippen molar-refractivity contribution < 1.29 is 9.53 Å². The van der Waals surface area contributed by atoms with E-state index in [2.05, 4.69) is 5.32 Å². The second kappa shape index (κ2) is 7.90. The van der Waals surface area contributed by atoms with E-state index in [0.717, 1.165) is 24.8 Å². The number of unbranched alkanes of at least 4 members (excludes halogenated alkanes) is 1. The summed E-state index contributed by atoms with van der Waals surface area (Å²) < 4.78 is 5.16. The first-order valence-electron chi connectivity index (χ1n) is 7.16. The van der Waals surface area contributed by atoms with Crippen LogP contribution in [0, 0.1) is 0 Å². The van der Waals surface area contributed by atoms with Crippen LogP contribution >= 0.6 is 0 Å². The zero-order valence-corrected chi connectivity index (χ0v) is 12.7. The molecular weight excluding hydrogens is 252 g/mol. The highest BCUT2D eigenvalue weighted by Gasteiger charge is 2.15. The van der Waals surface area contributed by atoms with Crippen molar-refractivity contribution in [1.29, 1.82) is 0 Å². The average Bonchev–Trinajstić information content (AvgIpc) is 2.37. The van der Waals surface area contributed by atoms with Crippen LogP contribution in [0.25, 0.3) is 0 Å². The van der Waals surface area contributed by atoms with Gasteiger partial charge in [-0.25, -0.2) is 4.79 Å². The molecule has 1 aromatic rings. The van der Waals surface area contributed by atoms with E-state index < -0.39 is 5.60 Å². The third kappa shape index (κ3) is 7.14. The van der Waals surface area contributed by atoms with Gasteiger partial charge in [0.1, 0.15) is 5.60 Å². The third-order valence-electron chi connectivity index (χ3n) is 2.84. The second-order valence-corrected chi connectivity index (χ2v) is 5.94. The Balaban J connectivity index is 2.12. The first kappa shape index (κ1) is 16.5. The van der Waals surface area contributed by atoms with Gasteiger partial charge in [0, 0.05) is 12.6 Å². The summed E-state index contributed by atoms with van der Waals surface area (Å²) in [6, 6.07) is 10.1. The molecule has 1 amide bonds. The molecule has 0 fully saturated rings. The molecular formula is C16H26N2O2. The molecule has 0 aliphatic rings. The van der Waals surface area contributed by atoms with Gasteiger partial charge in [-0.2, -0.15) is 0 Å². The zero-order valence-electron chi connectivity index (χ0n) is 12.7. The molecule has 0 aliphatic carbocycles. The number of ether oxygens (including phenoxy) is 1. The molecule has 1 atom stereocenters. The maximum atomic E-state index is 11.4. The predicted molar refractivity (Wildman–Crippen MR) is 81.5 cm³/mol. The van der Waals surface area contributed by atoms with Crippen molar-refractivity contribution >= 4 is 6.09 Å². The molecule has 0 spiro atoms. The summed E-state index contributed by atoms with van der Waals surface area (Å²) in [4.78, 5) is 11.4. The molecule has 0 heterocycles. The van der Waals surface area contributed by atoms with Crippen LogP contribution in [0.3, 0.4) is 0 Å². The fourth-order valence-corrected chi connectivity index (χ4v) is 1.86. The summed E-state index contributed by atoms with van der Waals surface area (Å²) in [7, 11) is 0. The van der Waals surface area contributed by atoms with Gasteiger partial charge in [0.05, 0.1) is 0 Å². The molecule has 3 N–H and O–H groups in total. The lowest BCUT2D eigenvalue weighted by atomic mass is 10.0. The number of carbonyl (C=O) groups excluding carboxylic acids is 1. The molecule has 20 heavy (non-hydrogen) atoms. The molecule has 1 aromatic carbocycles. The minimum Gasteiger partial charge on any atom is -0.444 e. The molecule has 4 heteroatoms.